The normalized spacial score (nSPS) is 10.6. The number of methoxy groups -OCH3 is 1. The van der Waals surface area contributed by atoms with E-state index in [1.807, 2.05) is 13.8 Å². The second kappa shape index (κ2) is 11.2. The summed E-state index contributed by atoms with van der Waals surface area (Å²) in [6.07, 6.45) is 1.20. The monoisotopic (exact) mass is 466 g/mol. The fourth-order valence-corrected chi connectivity index (χ4v) is 3.27. The van der Waals surface area contributed by atoms with Gasteiger partial charge in [-0.1, -0.05) is 26.0 Å². The minimum atomic E-state index is -0.630. The highest BCUT2D eigenvalue weighted by atomic mass is 19.1. The first-order chi connectivity index (χ1) is 16.3. The zero-order chi connectivity index (χ0) is 24.7. The lowest BCUT2D eigenvalue weighted by molar-refractivity contribution is -0.139. The van der Waals surface area contributed by atoms with Crippen molar-refractivity contribution < 1.29 is 23.5 Å². The number of esters is 2. The average molecular weight is 467 g/mol. The fourth-order valence-electron chi connectivity index (χ4n) is 3.27. The third-order valence-electron chi connectivity index (χ3n) is 4.94. The molecular formula is C25H27FN4O4. The molecule has 178 valence electrons. The van der Waals surface area contributed by atoms with Crippen molar-refractivity contribution in [3.63, 3.8) is 0 Å². The molecule has 0 spiro atoms. The quantitative estimate of drug-likeness (QED) is 0.419. The molecule has 0 radical (unpaired) electrons. The molecule has 0 aliphatic rings. The molecular weight excluding hydrogens is 439 g/mol. The van der Waals surface area contributed by atoms with Gasteiger partial charge in [0.05, 0.1) is 31.9 Å². The van der Waals surface area contributed by atoms with Crippen molar-refractivity contribution in [2.45, 2.75) is 33.1 Å². The molecule has 1 aromatic heterocycles. The van der Waals surface area contributed by atoms with Gasteiger partial charge in [0, 0.05) is 11.4 Å². The summed E-state index contributed by atoms with van der Waals surface area (Å²) in [4.78, 5) is 31.9. The van der Waals surface area contributed by atoms with Crippen molar-refractivity contribution in [1.29, 1.82) is 0 Å². The number of nitrogens with one attached hydrogen (secondary N) is 2. The molecule has 0 aliphatic heterocycles. The maximum atomic E-state index is 14.5. The van der Waals surface area contributed by atoms with E-state index in [0.29, 0.717) is 16.9 Å². The van der Waals surface area contributed by atoms with Crippen LogP contribution in [0.25, 0.3) is 0 Å². The Morgan fingerprint density at radius 3 is 2.62 bits per heavy atom. The van der Waals surface area contributed by atoms with E-state index in [4.69, 9.17) is 9.47 Å². The molecule has 3 rings (SSSR count). The van der Waals surface area contributed by atoms with E-state index in [1.165, 1.54) is 7.11 Å². The van der Waals surface area contributed by atoms with Crippen LogP contribution in [0, 0.1) is 5.82 Å². The lowest BCUT2D eigenvalue weighted by atomic mass is 9.98. The van der Waals surface area contributed by atoms with E-state index in [-0.39, 0.29) is 36.7 Å². The summed E-state index contributed by atoms with van der Waals surface area (Å²) in [5.41, 5.74) is 3.25. The molecule has 0 atom stereocenters. The van der Waals surface area contributed by atoms with E-state index in [0.717, 1.165) is 17.3 Å². The smallest absolute Gasteiger partial charge is 0.338 e. The SMILES string of the molecule is CCOC(=O)c1ccc(Nc2nc(Nc3cccc(CC(=O)OC)c3)ncc2F)c(C(C)C)c1. The Morgan fingerprint density at radius 1 is 1.12 bits per heavy atom. The highest BCUT2D eigenvalue weighted by molar-refractivity contribution is 5.90. The molecule has 0 saturated heterocycles. The number of hydrogen-bond acceptors (Lipinski definition) is 8. The Morgan fingerprint density at radius 2 is 1.91 bits per heavy atom. The van der Waals surface area contributed by atoms with Crippen LogP contribution >= 0.6 is 0 Å². The van der Waals surface area contributed by atoms with Crippen molar-refractivity contribution in [2.75, 3.05) is 24.4 Å². The Labute approximate surface area is 197 Å². The first-order valence-corrected chi connectivity index (χ1v) is 10.8. The van der Waals surface area contributed by atoms with E-state index in [9.17, 15) is 14.0 Å². The summed E-state index contributed by atoms with van der Waals surface area (Å²) >= 11 is 0. The van der Waals surface area contributed by atoms with Crippen LogP contribution in [0.5, 0.6) is 0 Å². The van der Waals surface area contributed by atoms with Gasteiger partial charge in [0.1, 0.15) is 0 Å². The van der Waals surface area contributed by atoms with E-state index in [2.05, 4.69) is 20.6 Å². The highest BCUT2D eigenvalue weighted by Crippen LogP contribution is 2.29. The van der Waals surface area contributed by atoms with Crippen molar-refractivity contribution >= 4 is 35.1 Å². The molecule has 1 heterocycles. The van der Waals surface area contributed by atoms with E-state index in [1.54, 1.807) is 49.4 Å². The second-order valence-electron chi connectivity index (χ2n) is 7.77. The van der Waals surface area contributed by atoms with Crippen LogP contribution in [0.15, 0.2) is 48.7 Å². The molecule has 0 saturated carbocycles. The van der Waals surface area contributed by atoms with Crippen LogP contribution < -0.4 is 10.6 Å². The van der Waals surface area contributed by atoms with Gasteiger partial charge in [-0.25, -0.2) is 14.2 Å². The summed E-state index contributed by atoms with van der Waals surface area (Å²) in [5, 5.41) is 6.03. The van der Waals surface area contributed by atoms with Gasteiger partial charge in [0.2, 0.25) is 5.95 Å². The average Bonchev–Trinajstić information content (AvgIpc) is 2.81. The lowest BCUT2D eigenvalue weighted by Crippen LogP contribution is -2.08. The number of rotatable bonds is 9. The molecule has 34 heavy (non-hydrogen) atoms. The van der Waals surface area contributed by atoms with Gasteiger partial charge in [0.15, 0.2) is 11.6 Å². The molecule has 0 unspecified atom stereocenters. The van der Waals surface area contributed by atoms with Gasteiger partial charge in [0.25, 0.3) is 0 Å². The number of hydrogen-bond donors (Lipinski definition) is 2. The van der Waals surface area contributed by atoms with Crippen LogP contribution in [0.1, 0.15) is 48.2 Å². The standard InChI is InChI=1S/C25H27FN4O4/c1-5-34-24(32)17-9-10-21(19(13-17)15(2)3)29-23-20(26)14-27-25(30-23)28-18-8-6-7-16(11-18)12-22(31)33-4/h6-11,13-15H,5,12H2,1-4H3,(H2,27,28,29,30). The van der Waals surface area contributed by atoms with Crippen LogP contribution in [-0.2, 0) is 20.7 Å². The number of ether oxygens (including phenoxy) is 2. The van der Waals surface area contributed by atoms with Crippen LogP contribution in [0.4, 0.5) is 27.5 Å². The third-order valence-corrected chi connectivity index (χ3v) is 4.94. The maximum absolute atomic E-state index is 14.5. The van der Waals surface area contributed by atoms with Gasteiger partial charge < -0.3 is 20.1 Å². The fraction of sp³-hybridized carbons (Fsp3) is 0.280. The molecule has 8 nitrogen and oxygen atoms in total. The van der Waals surface area contributed by atoms with Crippen LogP contribution in [-0.4, -0.2) is 35.6 Å². The number of carbonyl (C=O) groups is 2. The number of carbonyl (C=O) groups excluding carboxylic acids is 2. The Balaban J connectivity index is 1.84. The van der Waals surface area contributed by atoms with Crippen LogP contribution in [0.3, 0.4) is 0 Å². The zero-order valence-corrected chi connectivity index (χ0v) is 19.5. The number of anilines is 4. The molecule has 0 fully saturated rings. The Hall–Kier alpha value is -4.01. The molecule has 0 bridgehead atoms. The van der Waals surface area contributed by atoms with Crippen molar-refractivity contribution in [2.24, 2.45) is 0 Å². The molecule has 0 amide bonds. The predicted octanol–water partition coefficient (Wildman–Crippen LogP) is 5.12. The molecule has 3 aromatic rings. The van der Waals surface area contributed by atoms with Gasteiger partial charge in [-0.15, -0.1) is 0 Å². The van der Waals surface area contributed by atoms with Gasteiger partial charge >= 0.3 is 11.9 Å². The van der Waals surface area contributed by atoms with E-state index >= 15 is 0 Å². The van der Waals surface area contributed by atoms with Gasteiger partial charge in [-0.3, -0.25) is 4.79 Å². The van der Waals surface area contributed by atoms with Crippen LogP contribution in [0.2, 0.25) is 0 Å². The number of halogens is 1. The number of nitrogens with zero attached hydrogens (tertiary/aromatic N) is 2. The first kappa shape index (κ1) is 24.6. The Kier molecular flexibility index (Phi) is 8.13. The summed E-state index contributed by atoms with van der Waals surface area (Å²) in [6, 6.07) is 12.2. The molecule has 9 heteroatoms. The highest BCUT2D eigenvalue weighted by Gasteiger charge is 2.15. The Bertz CT molecular complexity index is 1180. The zero-order valence-electron chi connectivity index (χ0n) is 19.5. The van der Waals surface area contributed by atoms with Crippen molar-refractivity contribution in [3.8, 4) is 0 Å². The van der Waals surface area contributed by atoms with Gasteiger partial charge in [-0.05, 0) is 54.3 Å². The molecule has 0 aliphatic carbocycles. The number of aromatic nitrogens is 2. The largest absolute Gasteiger partial charge is 0.469 e. The summed E-state index contributed by atoms with van der Waals surface area (Å²) < 4.78 is 24.3. The predicted molar refractivity (Wildman–Crippen MR) is 127 cm³/mol. The third kappa shape index (κ3) is 6.28. The summed E-state index contributed by atoms with van der Waals surface area (Å²) in [5.74, 6) is -1.19. The number of benzene rings is 2. The van der Waals surface area contributed by atoms with Crippen molar-refractivity contribution in [1.82, 2.24) is 9.97 Å². The van der Waals surface area contributed by atoms with Gasteiger partial charge in [-0.2, -0.15) is 4.98 Å². The second-order valence-corrected chi connectivity index (χ2v) is 7.77. The first-order valence-electron chi connectivity index (χ1n) is 10.8. The summed E-state index contributed by atoms with van der Waals surface area (Å²) in [7, 11) is 1.33. The van der Waals surface area contributed by atoms with Crippen molar-refractivity contribution in [3.05, 3.63) is 71.2 Å². The topological polar surface area (TPSA) is 102 Å². The minimum absolute atomic E-state index is 0.0194. The summed E-state index contributed by atoms with van der Waals surface area (Å²) in [6.45, 7) is 5.97. The molecule has 2 N–H and O–H groups in total. The maximum Gasteiger partial charge on any atom is 0.338 e. The van der Waals surface area contributed by atoms with E-state index < -0.39 is 11.8 Å². The minimum Gasteiger partial charge on any atom is -0.469 e. The lowest BCUT2D eigenvalue weighted by Gasteiger charge is -2.16. The molecule has 2 aromatic carbocycles.